The highest BCUT2D eigenvalue weighted by Crippen LogP contribution is 2.55. The minimum absolute atomic E-state index is 0.0250. The minimum atomic E-state index is -5.08. The normalized spacial score (nSPS) is 15.3. The predicted octanol–water partition coefficient (Wildman–Crippen LogP) is 8.55. The maximum Gasteiger partial charge on any atom is 0.426 e. The average molecular weight is 691 g/mol. The van der Waals surface area contributed by atoms with E-state index in [4.69, 9.17) is 0 Å². The van der Waals surface area contributed by atoms with Crippen molar-refractivity contribution in [3.63, 3.8) is 0 Å². The van der Waals surface area contributed by atoms with Crippen molar-refractivity contribution in [2.24, 2.45) is 0 Å². The summed E-state index contributed by atoms with van der Waals surface area (Å²) in [5, 5.41) is 19.8. The van der Waals surface area contributed by atoms with Crippen molar-refractivity contribution in [1.29, 1.82) is 10.5 Å². The summed E-state index contributed by atoms with van der Waals surface area (Å²) in [5.74, 6) is 0. The van der Waals surface area contributed by atoms with Gasteiger partial charge in [0, 0.05) is 16.7 Å². The van der Waals surface area contributed by atoms with Crippen molar-refractivity contribution in [2.45, 2.75) is 32.7 Å². The van der Waals surface area contributed by atoms with Crippen molar-refractivity contribution in [3.8, 4) is 34.4 Å². The maximum absolute atomic E-state index is 14.5. The molecule has 0 aliphatic heterocycles. The number of sulfone groups is 2. The first-order chi connectivity index (χ1) is 23.3. The van der Waals surface area contributed by atoms with Crippen LogP contribution in [0.1, 0.15) is 29.2 Å². The summed E-state index contributed by atoms with van der Waals surface area (Å²) in [6, 6.07) is 30.2. The van der Waals surface area contributed by atoms with E-state index in [2.05, 4.69) is 6.07 Å². The van der Waals surface area contributed by atoms with Gasteiger partial charge in [-0.05, 0) is 112 Å². The molecule has 0 unspecified atom stereocenters. The fraction of sp³-hybridized carbons (Fsp3) is 0.0526. The maximum atomic E-state index is 14.5. The summed E-state index contributed by atoms with van der Waals surface area (Å²) in [6.07, 6.45) is -5.08. The zero-order valence-corrected chi connectivity index (χ0v) is 27.0. The van der Waals surface area contributed by atoms with Gasteiger partial charge in [-0.2, -0.15) is 23.7 Å². The third-order valence-corrected chi connectivity index (χ3v) is 12.2. The Morgan fingerprint density at radius 1 is 0.510 bits per heavy atom. The minimum Gasteiger partial charge on any atom is -0.219 e. The van der Waals surface area contributed by atoms with Gasteiger partial charge in [0.2, 0.25) is 19.7 Å². The van der Waals surface area contributed by atoms with Crippen LogP contribution in [0.25, 0.3) is 33.4 Å². The quantitative estimate of drug-likeness (QED) is 0.171. The number of alkyl halides is 3. The number of hydrogen-bond donors (Lipinski definition) is 0. The van der Waals surface area contributed by atoms with Gasteiger partial charge >= 0.3 is 6.18 Å². The SMILES string of the molecule is C/C(C#N)=C1/c2cc(S(=O)(=O)c3ccccc3)ccc2-c2cc3c(cc21)C(=C(C#N)C(F)(F)F)c1cc(S(=O)(=O)c2ccccc2)ccc1-3. The number of fused-ring (bicyclic) bond motifs is 6. The molecule has 0 radical (unpaired) electrons. The molecule has 49 heavy (non-hydrogen) atoms. The largest absolute Gasteiger partial charge is 0.426 e. The molecule has 0 saturated carbocycles. The first-order valence-corrected chi connectivity index (χ1v) is 17.7. The molecule has 0 spiro atoms. The second-order valence-electron chi connectivity index (χ2n) is 11.5. The Bertz CT molecular complexity index is 2630. The van der Waals surface area contributed by atoms with Gasteiger partial charge in [-0.25, -0.2) is 16.8 Å². The average Bonchev–Trinajstić information content (AvgIpc) is 3.58. The molecule has 0 N–H and O–H groups in total. The molecule has 0 amide bonds. The lowest BCUT2D eigenvalue weighted by molar-refractivity contribution is -0.0867. The molecule has 0 atom stereocenters. The van der Waals surface area contributed by atoms with E-state index in [-0.39, 0.29) is 41.8 Å². The summed E-state index contributed by atoms with van der Waals surface area (Å²) in [6.45, 7) is 1.53. The lowest BCUT2D eigenvalue weighted by atomic mass is 9.92. The lowest BCUT2D eigenvalue weighted by Gasteiger charge is -2.13. The van der Waals surface area contributed by atoms with E-state index in [0.717, 1.165) is 6.07 Å². The molecule has 0 heterocycles. The van der Waals surface area contributed by atoms with Crippen LogP contribution < -0.4 is 0 Å². The molecule has 0 bridgehead atoms. The first-order valence-electron chi connectivity index (χ1n) is 14.7. The summed E-state index contributed by atoms with van der Waals surface area (Å²) in [4.78, 5) is -0.238. The number of nitriles is 2. The van der Waals surface area contributed by atoms with Gasteiger partial charge in [-0.3, -0.25) is 0 Å². The van der Waals surface area contributed by atoms with E-state index in [9.17, 15) is 40.5 Å². The molecule has 240 valence electrons. The number of rotatable bonds is 4. The van der Waals surface area contributed by atoms with E-state index in [1.54, 1.807) is 36.4 Å². The van der Waals surface area contributed by atoms with E-state index in [0.29, 0.717) is 33.4 Å². The molecule has 11 heteroatoms. The second kappa shape index (κ2) is 11.2. The highest BCUT2D eigenvalue weighted by Gasteiger charge is 2.42. The van der Waals surface area contributed by atoms with E-state index in [1.807, 2.05) is 0 Å². The van der Waals surface area contributed by atoms with Crippen LogP contribution in [-0.4, -0.2) is 23.0 Å². The third-order valence-electron chi connectivity index (χ3n) is 8.71. The Morgan fingerprint density at radius 3 is 1.35 bits per heavy atom. The molecule has 0 fully saturated rings. The van der Waals surface area contributed by atoms with E-state index >= 15 is 0 Å². The van der Waals surface area contributed by atoms with E-state index in [1.165, 1.54) is 79.7 Å². The lowest BCUT2D eigenvalue weighted by Crippen LogP contribution is -2.13. The van der Waals surface area contributed by atoms with Crippen LogP contribution >= 0.6 is 0 Å². The highest BCUT2D eigenvalue weighted by molar-refractivity contribution is 7.91. The number of benzene rings is 5. The van der Waals surface area contributed by atoms with Gasteiger partial charge in [0.05, 0.1) is 25.7 Å². The van der Waals surface area contributed by atoms with Crippen LogP contribution in [0.3, 0.4) is 0 Å². The molecule has 5 aromatic rings. The molecule has 7 rings (SSSR count). The van der Waals surface area contributed by atoms with Crippen molar-refractivity contribution in [2.75, 3.05) is 0 Å². The summed E-state index contributed by atoms with van der Waals surface area (Å²) >= 11 is 0. The number of allylic oxidation sites excluding steroid dienone is 2. The van der Waals surface area contributed by atoms with Gasteiger partial charge in [0.15, 0.2) is 0 Å². The van der Waals surface area contributed by atoms with Crippen LogP contribution in [-0.2, 0) is 19.7 Å². The summed E-state index contributed by atoms with van der Waals surface area (Å²) < 4.78 is 97.5. The third kappa shape index (κ3) is 4.90. The highest BCUT2D eigenvalue weighted by atomic mass is 32.2. The Morgan fingerprint density at radius 2 is 0.918 bits per heavy atom. The fourth-order valence-electron chi connectivity index (χ4n) is 6.48. The molecule has 6 nitrogen and oxygen atoms in total. The van der Waals surface area contributed by atoms with Crippen LogP contribution in [0, 0.1) is 22.7 Å². The molecular weight excluding hydrogens is 670 g/mol. The Labute approximate surface area is 280 Å². The smallest absolute Gasteiger partial charge is 0.219 e. The molecule has 2 aliphatic carbocycles. The number of halogens is 3. The van der Waals surface area contributed by atoms with Crippen molar-refractivity contribution in [3.05, 3.63) is 143 Å². The van der Waals surface area contributed by atoms with Crippen LogP contribution in [0.15, 0.2) is 140 Å². The van der Waals surface area contributed by atoms with Gasteiger partial charge in [0.1, 0.15) is 11.6 Å². The zero-order chi connectivity index (χ0) is 34.9. The standard InChI is InChI=1S/C38H21F3N2O4S2/c1-22(20-42)36-31-16-25(48(44,45)23-8-4-2-5-9-23)12-14-27(31)29-18-30-28-15-13-26(49(46,47)24-10-6-3-7-11-24)17-32(28)37(34(30)19-33(29)36)35(21-43)38(39,40)41/h2-19H,1H3/b36-22+,37-35?. The zero-order valence-electron chi connectivity index (χ0n) is 25.4. The molecular formula is C38H21F3N2O4S2. The fourth-order valence-corrected chi connectivity index (χ4v) is 9.09. The van der Waals surface area contributed by atoms with Gasteiger partial charge in [0.25, 0.3) is 0 Å². The molecule has 2 aliphatic rings. The summed E-state index contributed by atoms with van der Waals surface area (Å²) in [7, 11) is -8.08. The van der Waals surface area contributed by atoms with Crippen LogP contribution in [0.2, 0.25) is 0 Å². The Kier molecular flexibility index (Phi) is 7.25. The monoisotopic (exact) mass is 690 g/mol. The van der Waals surface area contributed by atoms with Gasteiger partial charge < -0.3 is 0 Å². The molecule has 0 saturated heterocycles. The predicted molar refractivity (Wildman–Crippen MR) is 176 cm³/mol. The van der Waals surface area contributed by atoms with Gasteiger partial charge in [-0.15, -0.1) is 0 Å². The first kappa shape index (κ1) is 31.8. The number of nitrogens with zero attached hydrogens (tertiary/aromatic N) is 2. The molecule has 5 aromatic carbocycles. The summed E-state index contributed by atoms with van der Waals surface area (Å²) in [5.41, 5.74) is 1.03. The van der Waals surface area contributed by atoms with Crippen molar-refractivity contribution >= 4 is 30.8 Å². The van der Waals surface area contributed by atoms with Gasteiger partial charge in [-0.1, -0.05) is 48.5 Å². The Hall–Kier alpha value is -5.75. The second-order valence-corrected chi connectivity index (χ2v) is 15.4. The van der Waals surface area contributed by atoms with E-state index < -0.39 is 37.0 Å². The topological polar surface area (TPSA) is 116 Å². The Balaban J connectivity index is 1.49. The van der Waals surface area contributed by atoms with Crippen LogP contribution in [0.5, 0.6) is 0 Å². The van der Waals surface area contributed by atoms with Crippen molar-refractivity contribution < 1.29 is 30.0 Å². The van der Waals surface area contributed by atoms with Crippen molar-refractivity contribution in [1.82, 2.24) is 0 Å². The molecule has 0 aromatic heterocycles. The number of hydrogen-bond acceptors (Lipinski definition) is 6. The van der Waals surface area contributed by atoms with Crippen LogP contribution in [0.4, 0.5) is 13.2 Å².